The summed E-state index contributed by atoms with van der Waals surface area (Å²) in [6.45, 7) is 4.36. The molecular weight excluding hydrogens is 118 g/mol. The van der Waals surface area contributed by atoms with Crippen LogP contribution in [-0.4, -0.2) is 19.8 Å². The normalized spacial score (nSPS) is 6.00. The van der Waals surface area contributed by atoms with E-state index in [4.69, 9.17) is 0 Å². The van der Waals surface area contributed by atoms with Gasteiger partial charge in [0.05, 0.1) is 0 Å². The van der Waals surface area contributed by atoms with Gasteiger partial charge in [-0.3, -0.25) is 0 Å². The molecule has 0 aromatic carbocycles. The van der Waals surface area contributed by atoms with Crippen LogP contribution in [0.3, 0.4) is 0 Å². The summed E-state index contributed by atoms with van der Waals surface area (Å²) in [5.41, 5.74) is 0. The van der Waals surface area contributed by atoms with E-state index in [2.05, 4.69) is 13.8 Å². The Morgan fingerprint density at radius 2 is 1.20 bits per heavy atom. The number of hydrogen-bond acceptors (Lipinski definition) is 0. The SMILES string of the molecule is CCCC.[GaH3]. The van der Waals surface area contributed by atoms with Crippen LogP contribution in [0, 0.1) is 0 Å². The van der Waals surface area contributed by atoms with Gasteiger partial charge in [0.1, 0.15) is 0 Å². The van der Waals surface area contributed by atoms with Gasteiger partial charge in [0.15, 0.2) is 0 Å². The Bertz CT molecular complexity index is 5.61. The maximum absolute atomic E-state index is 2.18. The monoisotopic (exact) mass is 130 g/mol. The summed E-state index contributed by atoms with van der Waals surface area (Å²) in [5, 5.41) is 0. The molecule has 0 nitrogen and oxygen atoms in total. The van der Waals surface area contributed by atoms with Crippen LogP contribution >= 0.6 is 0 Å². The average molecular weight is 131 g/mol. The Balaban J connectivity index is 0. The summed E-state index contributed by atoms with van der Waals surface area (Å²) in [5.74, 6) is 0. The van der Waals surface area contributed by atoms with Gasteiger partial charge in [-0.1, -0.05) is 26.7 Å². The average Bonchev–Trinajstić information content (AvgIpc) is 1.37. The third-order valence-electron chi connectivity index (χ3n) is 0.500. The Morgan fingerprint density at radius 1 is 1.00 bits per heavy atom. The van der Waals surface area contributed by atoms with Crippen LogP contribution < -0.4 is 0 Å². The molecule has 0 unspecified atom stereocenters. The molecule has 0 saturated heterocycles. The molecule has 0 atom stereocenters. The van der Waals surface area contributed by atoms with Crippen LogP contribution in [0.4, 0.5) is 0 Å². The first-order valence-corrected chi connectivity index (χ1v) is 1.91. The minimum atomic E-state index is 0. The second-order valence-corrected chi connectivity index (χ2v) is 1.000. The quantitative estimate of drug-likeness (QED) is 0.457. The van der Waals surface area contributed by atoms with E-state index in [1.807, 2.05) is 0 Å². The second kappa shape index (κ2) is 8.82. The van der Waals surface area contributed by atoms with E-state index < -0.39 is 0 Å². The Kier molecular flexibility index (Phi) is 16.2. The predicted octanol–water partition coefficient (Wildman–Crippen LogP) is 0.622. The molecular formula is C4H13Ga. The molecule has 1 heteroatoms. The first-order chi connectivity index (χ1) is 1.91. The first-order valence-electron chi connectivity index (χ1n) is 1.91. The maximum atomic E-state index is 2.18. The van der Waals surface area contributed by atoms with Gasteiger partial charge in [-0.05, 0) is 0 Å². The molecule has 0 aromatic rings. The van der Waals surface area contributed by atoms with Crippen LogP contribution in [-0.2, 0) is 0 Å². The molecule has 0 radical (unpaired) electrons. The van der Waals surface area contributed by atoms with Crippen molar-refractivity contribution in [2.45, 2.75) is 26.7 Å². The van der Waals surface area contributed by atoms with Crippen LogP contribution in [0.15, 0.2) is 0 Å². The number of hydrogen-bond donors (Lipinski definition) is 0. The van der Waals surface area contributed by atoms with Gasteiger partial charge >= 0.3 is 19.8 Å². The van der Waals surface area contributed by atoms with Crippen molar-refractivity contribution >= 4 is 19.8 Å². The van der Waals surface area contributed by atoms with Crippen molar-refractivity contribution in [2.75, 3.05) is 0 Å². The molecule has 0 bridgehead atoms. The zero-order valence-electron chi connectivity index (χ0n) is 3.41. The summed E-state index contributed by atoms with van der Waals surface area (Å²) < 4.78 is 0. The zero-order valence-corrected chi connectivity index (χ0v) is 3.41. The molecule has 0 saturated carbocycles. The van der Waals surface area contributed by atoms with E-state index in [1.165, 1.54) is 12.8 Å². The summed E-state index contributed by atoms with van der Waals surface area (Å²) in [4.78, 5) is 0. The third-order valence-corrected chi connectivity index (χ3v) is 0.500. The molecule has 0 fully saturated rings. The van der Waals surface area contributed by atoms with Gasteiger partial charge in [-0.15, -0.1) is 0 Å². The van der Waals surface area contributed by atoms with Crippen molar-refractivity contribution in [3.63, 3.8) is 0 Å². The van der Waals surface area contributed by atoms with Crippen LogP contribution in [0.5, 0.6) is 0 Å². The summed E-state index contributed by atoms with van der Waals surface area (Å²) in [7, 11) is 0. The van der Waals surface area contributed by atoms with E-state index in [0.29, 0.717) is 0 Å². The molecule has 5 heavy (non-hydrogen) atoms. The van der Waals surface area contributed by atoms with Crippen molar-refractivity contribution in [1.82, 2.24) is 0 Å². The van der Waals surface area contributed by atoms with Gasteiger partial charge in [-0.25, -0.2) is 0 Å². The van der Waals surface area contributed by atoms with E-state index in [-0.39, 0.29) is 19.8 Å². The molecule has 0 aliphatic heterocycles. The Morgan fingerprint density at radius 3 is 1.20 bits per heavy atom. The molecule has 0 spiro atoms. The van der Waals surface area contributed by atoms with Crippen molar-refractivity contribution < 1.29 is 0 Å². The molecule has 32 valence electrons. The van der Waals surface area contributed by atoms with Crippen LogP contribution in [0.2, 0.25) is 0 Å². The van der Waals surface area contributed by atoms with Crippen molar-refractivity contribution in [2.24, 2.45) is 0 Å². The summed E-state index contributed by atoms with van der Waals surface area (Å²) in [6.07, 6.45) is 2.64. The van der Waals surface area contributed by atoms with Crippen molar-refractivity contribution in [3.05, 3.63) is 0 Å². The molecule has 0 aliphatic rings. The van der Waals surface area contributed by atoms with Gasteiger partial charge in [-0.2, -0.15) is 0 Å². The first kappa shape index (κ1) is 9.16. The molecule has 0 amide bonds. The van der Waals surface area contributed by atoms with Crippen LogP contribution in [0.25, 0.3) is 0 Å². The molecule has 0 heterocycles. The fraction of sp³-hybridized carbons (Fsp3) is 1.00. The van der Waals surface area contributed by atoms with Crippen molar-refractivity contribution in [1.29, 1.82) is 0 Å². The van der Waals surface area contributed by atoms with E-state index in [0.717, 1.165) is 0 Å². The van der Waals surface area contributed by atoms with Crippen LogP contribution in [0.1, 0.15) is 26.7 Å². The van der Waals surface area contributed by atoms with E-state index in [9.17, 15) is 0 Å². The Labute approximate surface area is 47.0 Å². The van der Waals surface area contributed by atoms with E-state index in [1.54, 1.807) is 0 Å². The topological polar surface area (TPSA) is 0 Å². The standard InChI is InChI=1S/C4H10.Ga.3H/c1-3-4-2;;;;/h3-4H2,1-2H3;;;;. The van der Waals surface area contributed by atoms with Gasteiger partial charge in [0.2, 0.25) is 0 Å². The van der Waals surface area contributed by atoms with Crippen molar-refractivity contribution in [3.8, 4) is 0 Å². The second-order valence-electron chi connectivity index (χ2n) is 1.000. The number of unbranched alkanes of at least 4 members (excludes halogenated alkanes) is 1. The third kappa shape index (κ3) is 12.0. The fourth-order valence-corrected chi connectivity index (χ4v) is 0. The number of rotatable bonds is 1. The van der Waals surface area contributed by atoms with E-state index >= 15 is 0 Å². The Hall–Kier alpha value is 0.636. The molecule has 0 N–H and O–H groups in total. The molecule has 0 aliphatic carbocycles. The predicted molar refractivity (Wildman–Crippen MR) is 30.5 cm³/mol. The molecule has 0 aromatic heterocycles. The van der Waals surface area contributed by atoms with Gasteiger partial charge < -0.3 is 0 Å². The fourth-order valence-electron chi connectivity index (χ4n) is 0. The molecule has 0 rings (SSSR count). The minimum absolute atomic E-state index is 0. The summed E-state index contributed by atoms with van der Waals surface area (Å²) in [6, 6.07) is 0. The van der Waals surface area contributed by atoms with Gasteiger partial charge in [0.25, 0.3) is 0 Å². The summed E-state index contributed by atoms with van der Waals surface area (Å²) >= 11 is 0. The van der Waals surface area contributed by atoms with Gasteiger partial charge in [0, 0.05) is 0 Å². The zero-order chi connectivity index (χ0) is 3.41.